The molecule has 1 amide bonds. The molecule has 0 saturated carbocycles. The van der Waals surface area contributed by atoms with Crippen LogP contribution in [0, 0.1) is 6.92 Å². The highest BCUT2D eigenvalue weighted by molar-refractivity contribution is 7.20. The van der Waals surface area contributed by atoms with Crippen LogP contribution >= 0.6 is 22.9 Å². The molecule has 130 valence electrons. The van der Waals surface area contributed by atoms with Gasteiger partial charge in [-0.25, -0.2) is 4.68 Å². The van der Waals surface area contributed by atoms with Gasteiger partial charge in [-0.05, 0) is 38.0 Å². The number of nitrogens with zero attached hydrogens (tertiary/aromatic N) is 2. The number of ether oxygens (including phenoxy) is 1. The van der Waals surface area contributed by atoms with E-state index in [-0.39, 0.29) is 12.0 Å². The van der Waals surface area contributed by atoms with E-state index in [1.165, 1.54) is 11.3 Å². The van der Waals surface area contributed by atoms with Crippen molar-refractivity contribution in [3.8, 4) is 5.69 Å². The Hall–Kier alpha value is -1.89. The average molecular weight is 376 g/mol. The number of halogens is 1. The lowest BCUT2D eigenvalue weighted by atomic mass is 10.2. The summed E-state index contributed by atoms with van der Waals surface area (Å²) >= 11 is 7.74. The molecule has 1 aliphatic rings. The average Bonchev–Trinajstić information content (AvgIpc) is 3.32. The van der Waals surface area contributed by atoms with E-state index >= 15 is 0 Å². The summed E-state index contributed by atoms with van der Waals surface area (Å²) in [5, 5.41) is 9.16. The summed E-state index contributed by atoms with van der Waals surface area (Å²) in [5.41, 5.74) is 1.69. The van der Waals surface area contributed by atoms with E-state index in [1.807, 2.05) is 41.9 Å². The number of aromatic nitrogens is 2. The number of carbonyl (C=O) groups excluding carboxylic acids is 1. The molecule has 3 aromatic rings. The van der Waals surface area contributed by atoms with Crippen molar-refractivity contribution >= 4 is 39.1 Å². The van der Waals surface area contributed by atoms with Crippen molar-refractivity contribution in [3.63, 3.8) is 0 Å². The number of benzene rings is 1. The van der Waals surface area contributed by atoms with E-state index in [9.17, 15) is 4.79 Å². The Morgan fingerprint density at radius 3 is 3.08 bits per heavy atom. The van der Waals surface area contributed by atoms with Crippen LogP contribution < -0.4 is 5.32 Å². The summed E-state index contributed by atoms with van der Waals surface area (Å²) in [4.78, 5) is 14.1. The van der Waals surface area contributed by atoms with Crippen molar-refractivity contribution in [3.05, 3.63) is 45.9 Å². The molecule has 0 radical (unpaired) electrons. The largest absolute Gasteiger partial charge is 0.376 e. The maximum atomic E-state index is 12.5. The third-order valence-electron chi connectivity index (χ3n) is 4.36. The van der Waals surface area contributed by atoms with Crippen molar-refractivity contribution < 1.29 is 9.53 Å². The highest BCUT2D eigenvalue weighted by Crippen LogP contribution is 2.32. The first-order valence-electron chi connectivity index (χ1n) is 8.27. The number of nitrogens with one attached hydrogen (secondary N) is 1. The summed E-state index contributed by atoms with van der Waals surface area (Å²) in [5.74, 6) is -0.0678. The Morgan fingerprint density at radius 2 is 2.32 bits per heavy atom. The highest BCUT2D eigenvalue weighted by atomic mass is 35.5. The van der Waals surface area contributed by atoms with E-state index in [4.69, 9.17) is 16.3 Å². The van der Waals surface area contributed by atoms with E-state index in [0.29, 0.717) is 16.4 Å². The molecule has 5 nitrogen and oxygen atoms in total. The van der Waals surface area contributed by atoms with Gasteiger partial charge in [0.1, 0.15) is 4.83 Å². The minimum Gasteiger partial charge on any atom is -0.376 e. The molecule has 0 aliphatic carbocycles. The number of fused-ring (bicyclic) bond motifs is 1. The molecule has 0 bridgehead atoms. The van der Waals surface area contributed by atoms with Crippen LogP contribution in [0.25, 0.3) is 15.9 Å². The minimum atomic E-state index is -0.0678. The van der Waals surface area contributed by atoms with Crippen molar-refractivity contribution in [1.82, 2.24) is 15.1 Å². The van der Waals surface area contributed by atoms with E-state index < -0.39 is 0 Å². The summed E-state index contributed by atoms with van der Waals surface area (Å²) < 4.78 is 7.37. The van der Waals surface area contributed by atoms with E-state index in [2.05, 4.69) is 10.4 Å². The quantitative estimate of drug-likeness (QED) is 0.751. The van der Waals surface area contributed by atoms with Gasteiger partial charge in [-0.1, -0.05) is 23.7 Å². The van der Waals surface area contributed by atoms with Crippen LogP contribution in [0.15, 0.2) is 30.3 Å². The molecule has 2 aromatic heterocycles. The van der Waals surface area contributed by atoms with Gasteiger partial charge >= 0.3 is 0 Å². The van der Waals surface area contributed by atoms with Gasteiger partial charge < -0.3 is 10.1 Å². The first-order chi connectivity index (χ1) is 12.1. The lowest BCUT2D eigenvalue weighted by molar-refractivity contribution is 0.0861. The molecule has 7 heteroatoms. The molecule has 1 N–H and O–H groups in total. The zero-order chi connectivity index (χ0) is 17.4. The zero-order valence-electron chi connectivity index (χ0n) is 13.8. The topological polar surface area (TPSA) is 56.2 Å². The van der Waals surface area contributed by atoms with Crippen LogP contribution in [0.1, 0.15) is 28.2 Å². The van der Waals surface area contributed by atoms with Gasteiger partial charge in [0, 0.05) is 18.5 Å². The molecule has 1 aromatic carbocycles. The summed E-state index contributed by atoms with van der Waals surface area (Å²) in [6, 6.07) is 9.47. The lowest BCUT2D eigenvalue weighted by Gasteiger charge is -2.09. The normalized spacial score (nSPS) is 17.3. The molecule has 0 unspecified atom stereocenters. The Labute approximate surface area is 154 Å². The Bertz CT molecular complexity index is 928. The molecule has 3 heterocycles. The van der Waals surface area contributed by atoms with Crippen molar-refractivity contribution in [1.29, 1.82) is 0 Å². The van der Waals surface area contributed by atoms with Gasteiger partial charge in [-0.15, -0.1) is 11.3 Å². The van der Waals surface area contributed by atoms with E-state index in [1.54, 1.807) is 0 Å². The molecule has 4 rings (SSSR count). The van der Waals surface area contributed by atoms with Crippen molar-refractivity contribution in [2.75, 3.05) is 13.2 Å². The monoisotopic (exact) mass is 375 g/mol. The molecular weight excluding hydrogens is 358 g/mol. The standard InChI is InChI=1S/C18H18ClN3O2S/c1-11-13-9-16(17(23)20-10-12-5-4-8-24-12)25-18(13)22(21-11)15-7-3-2-6-14(15)19/h2-3,6-7,9,12H,4-5,8,10H2,1H3,(H,20,23)/t12-/m1/s1. The lowest BCUT2D eigenvalue weighted by Crippen LogP contribution is -2.31. The number of hydrogen-bond acceptors (Lipinski definition) is 4. The van der Waals surface area contributed by atoms with Crippen LogP contribution in [0.2, 0.25) is 5.02 Å². The molecule has 1 aliphatic heterocycles. The Morgan fingerprint density at radius 1 is 1.48 bits per heavy atom. The third kappa shape index (κ3) is 3.17. The summed E-state index contributed by atoms with van der Waals surface area (Å²) in [6.45, 7) is 3.29. The number of para-hydroxylation sites is 1. The third-order valence-corrected chi connectivity index (χ3v) is 5.79. The number of rotatable bonds is 4. The van der Waals surface area contributed by atoms with Crippen LogP contribution in [0.3, 0.4) is 0 Å². The molecule has 1 atom stereocenters. The van der Waals surface area contributed by atoms with Crippen LogP contribution in [0.4, 0.5) is 0 Å². The fourth-order valence-electron chi connectivity index (χ4n) is 3.04. The van der Waals surface area contributed by atoms with Gasteiger partial charge in [0.15, 0.2) is 0 Å². The number of thiophene rings is 1. The smallest absolute Gasteiger partial charge is 0.261 e. The van der Waals surface area contributed by atoms with Crippen LogP contribution in [0.5, 0.6) is 0 Å². The van der Waals surface area contributed by atoms with Crippen LogP contribution in [-0.2, 0) is 4.74 Å². The van der Waals surface area contributed by atoms with E-state index in [0.717, 1.165) is 41.0 Å². The maximum absolute atomic E-state index is 12.5. The Kier molecular flexibility index (Phi) is 4.50. The number of amides is 1. The van der Waals surface area contributed by atoms with Crippen molar-refractivity contribution in [2.45, 2.75) is 25.9 Å². The molecule has 1 fully saturated rings. The summed E-state index contributed by atoms with van der Waals surface area (Å²) in [7, 11) is 0. The van der Waals surface area contributed by atoms with Gasteiger partial charge in [0.05, 0.1) is 27.4 Å². The first kappa shape index (κ1) is 16.6. The maximum Gasteiger partial charge on any atom is 0.261 e. The summed E-state index contributed by atoms with van der Waals surface area (Å²) in [6.07, 6.45) is 2.21. The molecule has 25 heavy (non-hydrogen) atoms. The van der Waals surface area contributed by atoms with Crippen molar-refractivity contribution in [2.24, 2.45) is 0 Å². The van der Waals surface area contributed by atoms with Crippen LogP contribution in [-0.4, -0.2) is 34.9 Å². The zero-order valence-corrected chi connectivity index (χ0v) is 15.4. The molecular formula is C18H18ClN3O2S. The molecule has 1 saturated heterocycles. The van der Waals surface area contributed by atoms with Gasteiger partial charge in [-0.2, -0.15) is 5.10 Å². The predicted octanol–water partition coefficient (Wildman–Crippen LogP) is 3.96. The van der Waals surface area contributed by atoms with Gasteiger partial charge in [0.25, 0.3) is 5.91 Å². The number of carbonyl (C=O) groups is 1. The van der Waals surface area contributed by atoms with Gasteiger partial charge in [-0.3, -0.25) is 4.79 Å². The van der Waals surface area contributed by atoms with Gasteiger partial charge in [0.2, 0.25) is 0 Å². The minimum absolute atomic E-state index is 0.0678. The fraction of sp³-hybridized carbons (Fsp3) is 0.333. The number of aryl methyl sites for hydroxylation is 1. The first-order valence-corrected chi connectivity index (χ1v) is 9.47. The fourth-order valence-corrected chi connectivity index (χ4v) is 4.35. The number of hydrogen-bond donors (Lipinski definition) is 1. The SMILES string of the molecule is Cc1nn(-c2ccccc2Cl)c2sc(C(=O)NC[C@H]3CCCO3)cc12. The highest BCUT2D eigenvalue weighted by Gasteiger charge is 2.20. The predicted molar refractivity (Wildman–Crippen MR) is 100 cm³/mol. The second-order valence-corrected chi connectivity index (χ2v) is 7.56. The molecule has 0 spiro atoms. The second-order valence-electron chi connectivity index (χ2n) is 6.12. The Balaban J connectivity index is 1.63. The second kappa shape index (κ2) is 6.78.